The predicted octanol–water partition coefficient (Wildman–Crippen LogP) is 1.93. The smallest absolute Gasteiger partial charge is 0.317 e. The van der Waals surface area contributed by atoms with Crippen LogP contribution in [0.3, 0.4) is 0 Å². The summed E-state index contributed by atoms with van der Waals surface area (Å²) in [6.07, 6.45) is 3.20. The Balaban J connectivity index is 1.88. The molecule has 5 nitrogen and oxygen atoms in total. The van der Waals surface area contributed by atoms with Gasteiger partial charge in [0.1, 0.15) is 0 Å². The van der Waals surface area contributed by atoms with Gasteiger partial charge in [-0.05, 0) is 37.5 Å². The average Bonchev–Trinajstić information content (AvgIpc) is 3.11. The van der Waals surface area contributed by atoms with Crippen LogP contribution in [0.4, 0.5) is 4.79 Å². The highest BCUT2D eigenvalue weighted by molar-refractivity contribution is 5.78. The highest BCUT2D eigenvalue weighted by Gasteiger charge is 2.42. The summed E-state index contributed by atoms with van der Waals surface area (Å²) >= 11 is 0. The largest absolute Gasteiger partial charge is 0.481 e. The van der Waals surface area contributed by atoms with Crippen molar-refractivity contribution in [2.45, 2.75) is 39.5 Å². The van der Waals surface area contributed by atoms with Crippen LogP contribution in [-0.2, 0) is 4.79 Å². The number of hydrogen-bond acceptors (Lipinski definition) is 2. The van der Waals surface area contributed by atoms with Gasteiger partial charge < -0.3 is 15.3 Å². The van der Waals surface area contributed by atoms with Crippen LogP contribution in [-0.4, -0.2) is 41.6 Å². The third-order valence-electron chi connectivity index (χ3n) is 4.79. The molecule has 3 unspecified atom stereocenters. The third kappa shape index (κ3) is 3.01. The standard InChI is InChI=1S/C14H24N2O3/c1-3-14(12(17)18)5-4-6-16(9-14)13(19)15-8-11-7-10(11)2/h10-11H,3-9H2,1-2H3,(H,15,19)(H,17,18). The first-order chi connectivity index (χ1) is 8.98. The van der Waals surface area contributed by atoms with Crippen LogP contribution in [0.25, 0.3) is 0 Å². The van der Waals surface area contributed by atoms with E-state index in [0.29, 0.717) is 31.8 Å². The van der Waals surface area contributed by atoms with Crippen molar-refractivity contribution in [2.75, 3.05) is 19.6 Å². The lowest BCUT2D eigenvalue weighted by atomic mass is 9.78. The summed E-state index contributed by atoms with van der Waals surface area (Å²) in [7, 11) is 0. The second kappa shape index (κ2) is 5.39. The Morgan fingerprint density at radius 1 is 1.47 bits per heavy atom. The number of amides is 2. The molecule has 108 valence electrons. The van der Waals surface area contributed by atoms with Gasteiger partial charge >= 0.3 is 12.0 Å². The number of rotatable bonds is 4. The number of nitrogens with zero attached hydrogens (tertiary/aromatic N) is 1. The maximum Gasteiger partial charge on any atom is 0.317 e. The van der Waals surface area contributed by atoms with Crippen LogP contribution in [0.1, 0.15) is 39.5 Å². The molecule has 0 bridgehead atoms. The van der Waals surface area contributed by atoms with Gasteiger partial charge in [0.2, 0.25) is 0 Å². The molecule has 1 saturated carbocycles. The number of carbonyl (C=O) groups excluding carboxylic acids is 1. The van der Waals surface area contributed by atoms with E-state index in [0.717, 1.165) is 18.9 Å². The minimum atomic E-state index is -0.775. The molecule has 3 atom stereocenters. The molecule has 1 aliphatic carbocycles. The van der Waals surface area contributed by atoms with Crippen LogP contribution >= 0.6 is 0 Å². The Morgan fingerprint density at radius 3 is 2.68 bits per heavy atom. The van der Waals surface area contributed by atoms with E-state index < -0.39 is 11.4 Å². The lowest BCUT2D eigenvalue weighted by molar-refractivity contribution is -0.152. The van der Waals surface area contributed by atoms with Gasteiger partial charge in [0.25, 0.3) is 0 Å². The van der Waals surface area contributed by atoms with Gasteiger partial charge in [-0.25, -0.2) is 4.79 Å². The Kier molecular flexibility index (Phi) is 4.02. The molecule has 1 heterocycles. The maximum absolute atomic E-state index is 12.1. The average molecular weight is 268 g/mol. The number of nitrogens with one attached hydrogen (secondary N) is 1. The molecule has 2 aliphatic rings. The summed E-state index contributed by atoms with van der Waals surface area (Å²) in [6.45, 7) is 5.81. The molecular formula is C14H24N2O3. The van der Waals surface area contributed by atoms with E-state index >= 15 is 0 Å². The third-order valence-corrected chi connectivity index (χ3v) is 4.79. The van der Waals surface area contributed by atoms with E-state index in [1.54, 1.807) is 4.90 Å². The highest BCUT2D eigenvalue weighted by Crippen LogP contribution is 2.37. The first kappa shape index (κ1) is 14.2. The predicted molar refractivity (Wildman–Crippen MR) is 71.8 cm³/mol. The molecule has 0 spiro atoms. The van der Waals surface area contributed by atoms with E-state index in [9.17, 15) is 14.7 Å². The molecule has 19 heavy (non-hydrogen) atoms. The van der Waals surface area contributed by atoms with Gasteiger partial charge in [-0.3, -0.25) is 4.79 Å². The second-order valence-electron chi connectivity index (χ2n) is 6.12. The first-order valence-corrected chi connectivity index (χ1v) is 7.24. The molecule has 0 aromatic heterocycles. The van der Waals surface area contributed by atoms with Crippen LogP contribution in [0.5, 0.6) is 0 Å². The topological polar surface area (TPSA) is 69.6 Å². The Labute approximate surface area is 114 Å². The molecule has 5 heteroatoms. The molecule has 0 aromatic carbocycles. The fraction of sp³-hybridized carbons (Fsp3) is 0.857. The fourth-order valence-electron chi connectivity index (χ4n) is 2.93. The quantitative estimate of drug-likeness (QED) is 0.818. The monoisotopic (exact) mass is 268 g/mol. The van der Waals surface area contributed by atoms with Crippen molar-refractivity contribution < 1.29 is 14.7 Å². The summed E-state index contributed by atoms with van der Waals surface area (Å²) in [4.78, 5) is 25.2. The van der Waals surface area contributed by atoms with Gasteiger partial charge in [-0.1, -0.05) is 13.8 Å². The summed E-state index contributed by atoms with van der Waals surface area (Å²) in [5.74, 6) is 0.558. The Bertz CT molecular complexity index is 372. The number of carboxylic acid groups (broad SMARTS) is 1. The zero-order valence-electron chi connectivity index (χ0n) is 11.8. The Morgan fingerprint density at radius 2 is 2.16 bits per heavy atom. The van der Waals surface area contributed by atoms with Gasteiger partial charge in [-0.15, -0.1) is 0 Å². The van der Waals surface area contributed by atoms with E-state index in [4.69, 9.17) is 0 Å². The number of carbonyl (C=O) groups is 2. The van der Waals surface area contributed by atoms with E-state index in [2.05, 4.69) is 12.2 Å². The van der Waals surface area contributed by atoms with Crippen molar-refractivity contribution in [3.05, 3.63) is 0 Å². The first-order valence-electron chi connectivity index (χ1n) is 7.24. The van der Waals surface area contributed by atoms with Crippen LogP contribution in [0.2, 0.25) is 0 Å². The van der Waals surface area contributed by atoms with E-state index in [1.165, 1.54) is 6.42 Å². The van der Waals surface area contributed by atoms with E-state index in [-0.39, 0.29) is 6.03 Å². The maximum atomic E-state index is 12.1. The van der Waals surface area contributed by atoms with Gasteiger partial charge in [0.15, 0.2) is 0 Å². The van der Waals surface area contributed by atoms with Crippen LogP contribution in [0, 0.1) is 17.3 Å². The van der Waals surface area contributed by atoms with Crippen molar-refractivity contribution in [2.24, 2.45) is 17.3 Å². The number of carboxylic acids is 1. The molecule has 0 radical (unpaired) electrons. The van der Waals surface area contributed by atoms with Crippen molar-refractivity contribution in [3.63, 3.8) is 0 Å². The molecule has 2 rings (SSSR count). The highest BCUT2D eigenvalue weighted by atomic mass is 16.4. The van der Waals surface area contributed by atoms with Gasteiger partial charge in [0, 0.05) is 19.6 Å². The minimum absolute atomic E-state index is 0.0992. The molecule has 2 fully saturated rings. The fourth-order valence-corrected chi connectivity index (χ4v) is 2.93. The molecular weight excluding hydrogens is 244 g/mol. The van der Waals surface area contributed by atoms with Gasteiger partial charge in [0.05, 0.1) is 5.41 Å². The molecule has 1 aliphatic heterocycles. The van der Waals surface area contributed by atoms with Crippen LogP contribution in [0.15, 0.2) is 0 Å². The molecule has 0 aromatic rings. The molecule has 1 saturated heterocycles. The molecule has 2 amide bonds. The van der Waals surface area contributed by atoms with E-state index in [1.807, 2.05) is 6.92 Å². The summed E-state index contributed by atoms with van der Waals surface area (Å²) in [5.41, 5.74) is -0.748. The number of likely N-dealkylation sites (tertiary alicyclic amines) is 1. The van der Waals surface area contributed by atoms with Gasteiger partial charge in [-0.2, -0.15) is 0 Å². The van der Waals surface area contributed by atoms with Crippen LogP contribution < -0.4 is 5.32 Å². The van der Waals surface area contributed by atoms with Crippen molar-refractivity contribution in [3.8, 4) is 0 Å². The number of aliphatic carboxylic acids is 1. The number of hydrogen-bond donors (Lipinski definition) is 2. The number of piperidine rings is 1. The summed E-state index contributed by atoms with van der Waals surface area (Å²) in [5, 5.41) is 12.3. The molecule has 2 N–H and O–H groups in total. The summed E-state index contributed by atoms with van der Waals surface area (Å²) in [6, 6.07) is -0.0992. The zero-order chi connectivity index (χ0) is 14.0. The van der Waals surface area contributed by atoms with Crippen molar-refractivity contribution >= 4 is 12.0 Å². The lowest BCUT2D eigenvalue weighted by Gasteiger charge is -2.39. The Hall–Kier alpha value is -1.26. The zero-order valence-corrected chi connectivity index (χ0v) is 11.8. The van der Waals surface area contributed by atoms with Crippen molar-refractivity contribution in [1.29, 1.82) is 0 Å². The number of urea groups is 1. The lowest BCUT2D eigenvalue weighted by Crippen LogP contribution is -2.52. The summed E-state index contributed by atoms with van der Waals surface area (Å²) < 4.78 is 0. The van der Waals surface area contributed by atoms with Crippen molar-refractivity contribution in [1.82, 2.24) is 10.2 Å². The normalized spacial score (nSPS) is 33.9. The minimum Gasteiger partial charge on any atom is -0.481 e. The second-order valence-corrected chi connectivity index (χ2v) is 6.12. The SMILES string of the molecule is CCC1(C(=O)O)CCCN(C(=O)NCC2CC2C)C1.